The summed E-state index contributed by atoms with van der Waals surface area (Å²) >= 11 is 0. The molecular weight excluding hydrogens is 269 g/mol. The van der Waals surface area contributed by atoms with Gasteiger partial charge in [-0.1, -0.05) is 6.07 Å². The normalized spacial score (nSPS) is 20.1. The summed E-state index contributed by atoms with van der Waals surface area (Å²) in [6.45, 7) is 8.07. The van der Waals surface area contributed by atoms with Crippen LogP contribution in [0.5, 0.6) is 5.75 Å². The molecule has 7 heteroatoms. The monoisotopic (exact) mass is 289 g/mol. The number of ether oxygens (including phenoxy) is 1. The van der Waals surface area contributed by atoms with Crippen LogP contribution in [0.15, 0.2) is 12.1 Å². The maximum atomic E-state index is 6.08. The van der Waals surface area contributed by atoms with Crippen molar-refractivity contribution in [1.29, 1.82) is 0 Å². The SMILES string of the molecule is COc1c(B2OC(C)(C)C(C)(C)O2)ccc2[nH]nc(N)c12. The quantitative estimate of drug-likeness (QED) is 0.818. The second-order valence-corrected chi connectivity index (χ2v) is 6.31. The van der Waals surface area contributed by atoms with Crippen LogP contribution in [-0.4, -0.2) is 35.6 Å². The number of nitrogen functional groups attached to an aromatic ring is 1. The van der Waals surface area contributed by atoms with E-state index in [9.17, 15) is 0 Å². The van der Waals surface area contributed by atoms with E-state index in [4.69, 9.17) is 19.8 Å². The summed E-state index contributed by atoms with van der Waals surface area (Å²) in [6, 6.07) is 3.82. The Balaban J connectivity index is 2.12. The molecule has 0 bridgehead atoms. The molecule has 1 fully saturated rings. The van der Waals surface area contributed by atoms with E-state index >= 15 is 0 Å². The number of hydrogen-bond donors (Lipinski definition) is 2. The Morgan fingerprint density at radius 1 is 1.19 bits per heavy atom. The van der Waals surface area contributed by atoms with Crippen molar-refractivity contribution in [2.45, 2.75) is 38.9 Å². The van der Waals surface area contributed by atoms with Crippen molar-refractivity contribution in [3.63, 3.8) is 0 Å². The molecule has 0 atom stereocenters. The van der Waals surface area contributed by atoms with Gasteiger partial charge in [0.25, 0.3) is 0 Å². The Morgan fingerprint density at radius 2 is 1.81 bits per heavy atom. The number of benzene rings is 1. The van der Waals surface area contributed by atoms with E-state index < -0.39 is 18.3 Å². The summed E-state index contributed by atoms with van der Waals surface area (Å²) < 4.78 is 17.7. The predicted octanol–water partition coefficient (Wildman–Crippen LogP) is 1.45. The van der Waals surface area contributed by atoms with E-state index in [0.717, 1.165) is 16.4 Å². The molecule has 0 saturated carbocycles. The fraction of sp³-hybridized carbons (Fsp3) is 0.500. The fourth-order valence-electron chi connectivity index (χ4n) is 2.50. The highest BCUT2D eigenvalue weighted by Gasteiger charge is 2.52. The van der Waals surface area contributed by atoms with Crippen LogP contribution in [-0.2, 0) is 9.31 Å². The minimum atomic E-state index is -0.497. The van der Waals surface area contributed by atoms with Gasteiger partial charge in [-0.2, -0.15) is 5.10 Å². The second-order valence-electron chi connectivity index (χ2n) is 6.31. The Hall–Kier alpha value is -1.73. The van der Waals surface area contributed by atoms with Crippen molar-refractivity contribution >= 4 is 29.3 Å². The van der Waals surface area contributed by atoms with Gasteiger partial charge in [-0.3, -0.25) is 5.10 Å². The van der Waals surface area contributed by atoms with Crippen molar-refractivity contribution in [3.8, 4) is 5.75 Å². The Kier molecular flexibility index (Phi) is 2.97. The minimum absolute atomic E-state index is 0.403. The molecule has 3 N–H and O–H groups in total. The van der Waals surface area contributed by atoms with Crippen LogP contribution in [0.2, 0.25) is 0 Å². The molecule has 0 spiro atoms. The molecular formula is C14H20BN3O3. The molecule has 1 aliphatic rings. The number of H-pyrrole nitrogens is 1. The number of nitrogens with zero attached hydrogens (tertiary/aromatic N) is 1. The van der Waals surface area contributed by atoms with Gasteiger partial charge in [0.15, 0.2) is 5.82 Å². The van der Waals surface area contributed by atoms with E-state index in [1.165, 1.54) is 0 Å². The molecule has 0 amide bonds. The summed E-state index contributed by atoms with van der Waals surface area (Å²) in [5.41, 5.74) is 6.76. The summed E-state index contributed by atoms with van der Waals surface area (Å²) in [4.78, 5) is 0. The predicted molar refractivity (Wildman–Crippen MR) is 82.8 cm³/mol. The van der Waals surface area contributed by atoms with Gasteiger partial charge in [-0.25, -0.2) is 0 Å². The maximum absolute atomic E-state index is 6.08. The first-order valence-corrected chi connectivity index (χ1v) is 6.93. The molecule has 0 radical (unpaired) electrons. The van der Waals surface area contributed by atoms with Gasteiger partial charge in [-0.05, 0) is 33.8 Å². The number of anilines is 1. The third-order valence-electron chi connectivity index (χ3n) is 4.45. The third-order valence-corrected chi connectivity index (χ3v) is 4.45. The average molecular weight is 289 g/mol. The number of nitrogens with two attached hydrogens (primary N) is 1. The van der Waals surface area contributed by atoms with E-state index in [-0.39, 0.29) is 0 Å². The Morgan fingerprint density at radius 3 is 2.38 bits per heavy atom. The van der Waals surface area contributed by atoms with Crippen LogP contribution >= 0.6 is 0 Å². The van der Waals surface area contributed by atoms with E-state index in [0.29, 0.717) is 11.6 Å². The Bertz CT molecular complexity index is 680. The number of aromatic amines is 1. The molecule has 0 unspecified atom stereocenters. The lowest BCUT2D eigenvalue weighted by atomic mass is 9.77. The number of aromatic nitrogens is 2. The summed E-state index contributed by atoms with van der Waals surface area (Å²) in [5, 5.41) is 7.65. The van der Waals surface area contributed by atoms with Gasteiger partial charge in [-0.15, -0.1) is 0 Å². The number of fused-ring (bicyclic) bond motifs is 1. The molecule has 0 aliphatic carbocycles. The third kappa shape index (κ3) is 1.99. The van der Waals surface area contributed by atoms with Crippen LogP contribution in [0.3, 0.4) is 0 Å². The smallest absolute Gasteiger partial charge is 0.496 e. The highest BCUT2D eigenvalue weighted by atomic mass is 16.7. The first kappa shape index (κ1) is 14.2. The van der Waals surface area contributed by atoms with Gasteiger partial charge < -0.3 is 19.8 Å². The van der Waals surface area contributed by atoms with Crippen LogP contribution in [0.1, 0.15) is 27.7 Å². The zero-order valence-corrected chi connectivity index (χ0v) is 13.0. The average Bonchev–Trinajstić information content (AvgIpc) is 2.87. The molecule has 21 heavy (non-hydrogen) atoms. The number of methoxy groups -OCH3 is 1. The number of hydrogen-bond acceptors (Lipinski definition) is 5. The first-order chi connectivity index (χ1) is 9.77. The first-order valence-electron chi connectivity index (χ1n) is 6.93. The molecule has 2 aromatic rings. The standard InChI is InChI=1S/C14H20BN3O3/c1-13(2)14(3,4)21-15(20-13)8-6-7-9-10(11(8)19-5)12(16)18-17-9/h6-7H,1-5H3,(H3,16,17,18). The zero-order valence-electron chi connectivity index (χ0n) is 13.0. The zero-order chi connectivity index (χ0) is 15.4. The summed E-state index contributed by atoms with van der Waals surface area (Å²) in [7, 11) is 1.11. The molecule has 3 rings (SSSR count). The van der Waals surface area contributed by atoms with Crippen LogP contribution < -0.4 is 15.9 Å². The van der Waals surface area contributed by atoms with Crippen molar-refractivity contribution in [1.82, 2.24) is 10.2 Å². The Labute approximate surface area is 124 Å². The molecule has 6 nitrogen and oxygen atoms in total. The molecule has 1 saturated heterocycles. The second kappa shape index (κ2) is 4.38. The van der Waals surface area contributed by atoms with Gasteiger partial charge in [0.2, 0.25) is 0 Å². The highest BCUT2D eigenvalue weighted by Crippen LogP contribution is 2.38. The lowest BCUT2D eigenvalue weighted by molar-refractivity contribution is 0.00578. The highest BCUT2D eigenvalue weighted by molar-refractivity contribution is 6.63. The van der Waals surface area contributed by atoms with Crippen molar-refractivity contribution in [2.75, 3.05) is 12.8 Å². The van der Waals surface area contributed by atoms with Crippen molar-refractivity contribution in [2.24, 2.45) is 0 Å². The van der Waals surface area contributed by atoms with Gasteiger partial charge in [0.1, 0.15) is 5.75 Å². The van der Waals surface area contributed by atoms with E-state index in [1.54, 1.807) is 7.11 Å². The lowest BCUT2D eigenvalue weighted by Gasteiger charge is -2.32. The maximum Gasteiger partial charge on any atom is 0.498 e. The van der Waals surface area contributed by atoms with Crippen LogP contribution in [0, 0.1) is 0 Å². The van der Waals surface area contributed by atoms with Crippen LogP contribution in [0.25, 0.3) is 10.9 Å². The van der Waals surface area contributed by atoms with Gasteiger partial charge in [0, 0.05) is 5.46 Å². The molecule has 1 aliphatic heterocycles. The van der Waals surface area contributed by atoms with E-state index in [2.05, 4.69) is 10.2 Å². The van der Waals surface area contributed by atoms with Crippen molar-refractivity contribution in [3.05, 3.63) is 12.1 Å². The van der Waals surface area contributed by atoms with E-state index in [1.807, 2.05) is 39.8 Å². The minimum Gasteiger partial charge on any atom is -0.496 e. The molecule has 2 heterocycles. The number of nitrogens with one attached hydrogen (secondary N) is 1. The van der Waals surface area contributed by atoms with Gasteiger partial charge >= 0.3 is 7.12 Å². The molecule has 1 aromatic carbocycles. The number of rotatable bonds is 2. The summed E-state index contributed by atoms with van der Waals surface area (Å²) in [5.74, 6) is 1.04. The fourth-order valence-corrected chi connectivity index (χ4v) is 2.50. The largest absolute Gasteiger partial charge is 0.498 e. The summed E-state index contributed by atoms with van der Waals surface area (Å²) in [6.07, 6.45) is 0. The van der Waals surface area contributed by atoms with Gasteiger partial charge in [0.05, 0.1) is 29.2 Å². The lowest BCUT2D eigenvalue weighted by Crippen LogP contribution is -2.41. The topological polar surface area (TPSA) is 82.4 Å². The van der Waals surface area contributed by atoms with Crippen LogP contribution in [0.4, 0.5) is 5.82 Å². The molecule has 1 aromatic heterocycles. The molecule has 112 valence electrons. The van der Waals surface area contributed by atoms with Crippen molar-refractivity contribution < 1.29 is 14.0 Å².